The monoisotopic (exact) mass is 133 g/mol. The molecule has 0 bridgehead atoms. The lowest BCUT2D eigenvalue weighted by Crippen LogP contribution is -2.13. The maximum Gasteiger partial charge on any atom is 0.00104 e. The molecule has 0 saturated carbocycles. The summed E-state index contributed by atoms with van der Waals surface area (Å²) in [5.41, 5.74) is 5.48. The highest BCUT2D eigenvalue weighted by Gasteiger charge is 1.88. The Kier molecular flexibility index (Phi) is 14.1. The predicted octanol–water partition coefficient (Wildman–Crippen LogP) is 2.80. The van der Waals surface area contributed by atoms with Crippen LogP contribution in [-0.2, 0) is 0 Å². The first-order valence-electron chi connectivity index (χ1n) is 4.03. The largest absolute Gasteiger partial charge is 0.328 e. The van der Waals surface area contributed by atoms with Gasteiger partial charge in [-0.1, -0.05) is 33.6 Å². The van der Waals surface area contributed by atoms with Crippen LogP contribution in [0.3, 0.4) is 0 Å². The molecule has 1 atom stereocenters. The lowest BCUT2D eigenvalue weighted by molar-refractivity contribution is 0.616. The molecule has 0 aliphatic heterocycles. The van der Waals surface area contributed by atoms with Gasteiger partial charge in [0.1, 0.15) is 0 Å². The Morgan fingerprint density at radius 3 is 2.00 bits per heavy atom. The van der Waals surface area contributed by atoms with Crippen molar-refractivity contribution in [2.75, 3.05) is 0 Å². The summed E-state index contributed by atoms with van der Waals surface area (Å²) in [5, 5.41) is 0. The minimum Gasteiger partial charge on any atom is -0.328 e. The van der Waals surface area contributed by atoms with E-state index in [0.29, 0.717) is 6.04 Å². The van der Waals surface area contributed by atoms with Gasteiger partial charge in [0.2, 0.25) is 0 Å². The summed E-state index contributed by atoms with van der Waals surface area (Å²) in [6, 6.07) is 0.403. The zero-order chi connectivity index (χ0) is 7.70. The molecular formula is C8H23N. The van der Waals surface area contributed by atoms with Crippen molar-refractivity contribution < 1.29 is 1.43 Å². The van der Waals surface area contributed by atoms with E-state index in [0.717, 1.165) is 0 Å². The summed E-state index contributed by atoms with van der Waals surface area (Å²) < 4.78 is 0. The molecule has 0 amide bonds. The third-order valence-electron chi connectivity index (χ3n) is 1.01. The second-order valence-electron chi connectivity index (χ2n) is 2.12. The van der Waals surface area contributed by atoms with Crippen molar-refractivity contribution in [3.8, 4) is 0 Å². The number of hydrogen-bond acceptors (Lipinski definition) is 1. The van der Waals surface area contributed by atoms with Crippen LogP contribution in [0, 0.1) is 0 Å². The number of nitrogens with two attached hydrogens (primary N) is 1. The summed E-state index contributed by atoms with van der Waals surface area (Å²) in [6.07, 6.45) is 3.72. The molecule has 2 N–H and O–H groups in total. The molecule has 0 aliphatic carbocycles. The van der Waals surface area contributed by atoms with Crippen molar-refractivity contribution in [1.82, 2.24) is 0 Å². The van der Waals surface area contributed by atoms with E-state index in [4.69, 9.17) is 5.73 Å². The molecule has 0 rings (SSSR count). The van der Waals surface area contributed by atoms with Crippen LogP contribution in [-0.4, -0.2) is 6.04 Å². The van der Waals surface area contributed by atoms with Crippen LogP contribution in [0.2, 0.25) is 0 Å². The van der Waals surface area contributed by atoms with E-state index in [1.54, 1.807) is 0 Å². The van der Waals surface area contributed by atoms with Crippen LogP contribution in [0.1, 0.15) is 48.4 Å². The smallest absolute Gasteiger partial charge is 0.00104 e. The Labute approximate surface area is 61.1 Å². The van der Waals surface area contributed by atoms with Crippen molar-refractivity contribution in [3.63, 3.8) is 0 Å². The SMILES string of the molecule is CC.CCCCC(C)N.[HH]. The van der Waals surface area contributed by atoms with Crippen LogP contribution in [0.25, 0.3) is 0 Å². The van der Waals surface area contributed by atoms with Gasteiger partial charge in [0.15, 0.2) is 0 Å². The quantitative estimate of drug-likeness (QED) is 0.629. The third kappa shape index (κ3) is 18.0. The molecule has 1 unspecified atom stereocenters. The maximum atomic E-state index is 5.48. The topological polar surface area (TPSA) is 26.0 Å². The first kappa shape index (κ1) is 11.7. The molecule has 0 saturated heterocycles. The van der Waals surface area contributed by atoms with Gasteiger partial charge in [0, 0.05) is 7.47 Å². The van der Waals surface area contributed by atoms with Gasteiger partial charge in [0.25, 0.3) is 0 Å². The molecule has 0 aromatic carbocycles. The lowest BCUT2D eigenvalue weighted by Gasteiger charge is -1.99. The standard InChI is InChI=1S/C6H15N.C2H6.H2/c1-3-4-5-6(2)7;1-2;/h6H,3-5,7H2,1-2H3;1-2H3;1H. The lowest BCUT2D eigenvalue weighted by atomic mass is 10.2. The Hall–Kier alpha value is -0.0400. The molecule has 0 aliphatic rings. The fourth-order valence-corrected chi connectivity index (χ4v) is 0.526. The van der Waals surface area contributed by atoms with Gasteiger partial charge >= 0.3 is 0 Å². The molecule has 0 radical (unpaired) electrons. The molecule has 0 spiro atoms. The third-order valence-corrected chi connectivity index (χ3v) is 1.01. The minimum absolute atomic E-state index is 0. The molecule has 0 fully saturated rings. The van der Waals surface area contributed by atoms with Crippen LogP contribution >= 0.6 is 0 Å². The van der Waals surface area contributed by atoms with Crippen LogP contribution in [0.15, 0.2) is 0 Å². The van der Waals surface area contributed by atoms with E-state index in [2.05, 4.69) is 13.8 Å². The van der Waals surface area contributed by atoms with Gasteiger partial charge in [-0.25, -0.2) is 0 Å². The molecule has 1 heteroatoms. The van der Waals surface area contributed by atoms with Gasteiger partial charge in [-0.2, -0.15) is 0 Å². The van der Waals surface area contributed by atoms with Gasteiger partial charge in [-0.15, -0.1) is 0 Å². The van der Waals surface area contributed by atoms with Gasteiger partial charge in [-0.05, 0) is 13.3 Å². The van der Waals surface area contributed by atoms with Crippen LogP contribution in [0.5, 0.6) is 0 Å². The summed E-state index contributed by atoms with van der Waals surface area (Å²) in [6.45, 7) is 8.23. The van der Waals surface area contributed by atoms with Crippen molar-refractivity contribution in [3.05, 3.63) is 0 Å². The Balaban J connectivity index is -0.000000149. The molecule has 0 heterocycles. The van der Waals surface area contributed by atoms with E-state index >= 15 is 0 Å². The second kappa shape index (κ2) is 10.9. The molecule has 9 heavy (non-hydrogen) atoms. The molecular weight excluding hydrogens is 110 g/mol. The van der Waals surface area contributed by atoms with E-state index in [-0.39, 0.29) is 1.43 Å². The van der Waals surface area contributed by atoms with Gasteiger partial charge < -0.3 is 5.73 Å². The fraction of sp³-hybridized carbons (Fsp3) is 1.00. The maximum absolute atomic E-state index is 5.48. The zero-order valence-corrected chi connectivity index (χ0v) is 7.28. The summed E-state index contributed by atoms with van der Waals surface area (Å²) in [4.78, 5) is 0. The van der Waals surface area contributed by atoms with Crippen molar-refractivity contribution in [2.45, 2.75) is 53.0 Å². The van der Waals surface area contributed by atoms with Crippen molar-refractivity contribution >= 4 is 0 Å². The molecule has 1 nitrogen and oxygen atoms in total. The highest BCUT2D eigenvalue weighted by atomic mass is 14.6. The number of hydrogen-bond donors (Lipinski definition) is 1. The highest BCUT2D eigenvalue weighted by molar-refractivity contribution is 4.50. The van der Waals surface area contributed by atoms with E-state index in [1.165, 1.54) is 19.3 Å². The molecule has 0 aromatic rings. The van der Waals surface area contributed by atoms with Crippen molar-refractivity contribution in [2.24, 2.45) is 5.73 Å². The van der Waals surface area contributed by atoms with E-state index in [1.807, 2.05) is 13.8 Å². The average Bonchev–Trinajstić information content (AvgIpc) is 1.88. The van der Waals surface area contributed by atoms with Crippen LogP contribution < -0.4 is 5.73 Å². The Morgan fingerprint density at radius 2 is 1.89 bits per heavy atom. The summed E-state index contributed by atoms with van der Waals surface area (Å²) in [5.74, 6) is 0. The van der Waals surface area contributed by atoms with E-state index in [9.17, 15) is 0 Å². The van der Waals surface area contributed by atoms with E-state index < -0.39 is 0 Å². The van der Waals surface area contributed by atoms with Gasteiger partial charge in [0.05, 0.1) is 0 Å². The first-order chi connectivity index (χ1) is 4.27. The summed E-state index contributed by atoms with van der Waals surface area (Å²) in [7, 11) is 0. The Bertz CT molecular complexity index is 38.2. The average molecular weight is 133 g/mol. The first-order valence-corrected chi connectivity index (χ1v) is 4.03. The normalized spacial score (nSPS) is 11.7. The Morgan fingerprint density at radius 1 is 1.44 bits per heavy atom. The number of rotatable bonds is 3. The molecule has 60 valence electrons. The number of unbranched alkanes of at least 4 members (excludes halogenated alkanes) is 1. The van der Waals surface area contributed by atoms with Gasteiger partial charge in [-0.3, -0.25) is 0 Å². The highest BCUT2D eigenvalue weighted by Crippen LogP contribution is 1.95. The minimum atomic E-state index is 0. The summed E-state index contributed by atoms with van der Waals surface area (Å²) >= 11 is 0. The molecule has 0 aromatic heterocycles. The fourth-order valence-electron chi connectivity index (χ4n) is 0.526. The second-order valence-corrected chi connectivity index (χ2v) is 2.12. The van der Waals surface area contributed by atoms with Crippen molar-refractivity contribution in [1.29, 1.82) is 0 Å². The predicted molar refractivity (Wildman–Crippen MR) is 46.6 cm³/mol. The van der Waals surface area contributed by atoms with Crippen LogP contribution in [0.4, 0.5) is 0 Å². The zero-order valence-electron chi connectivity index (χ0n) is 7.28.